The second kappa shape index (κ2) is 9.87. The molecule has 0 spiro atoms. The molecule has 30 heavy (non-hydrogen) atoms. The van der Waals surface area contributed by atoms with E-state index in [4.69, 9.17) is 14.2 Å². The van der Waals surface area contributed by atoms with Crippen LogP contribution in [-0.4, -0.2) is 36.2 Å². The maximum Gasteiger partial charge on any atom is 0.356 e. The van der Waals surface area contributed by atoms with E-state index in [9.17, 15) is 14.7 Å². The van der Waals surface area contributed by atoms with E-state index in [1.54, 1.807) is 12.1 Å². The molecule has 3 aromatic rings. The summed E-state index contributed by atoms with van der Waals surface area (Å²) in [6, 6.07) is 18.3. The molecule has 0 unspecified atom stereocenters. The largest absolute Gasteiger partial charge is 0.482 e. The lowest BCUT2D eigenvalue weighted by atomic mass is 10.1. The van der Waals surface area contributed by atoms with Crippen molar-refractivity contribution in [2.24, 2.45) is 0 Å². The van der Waals surface area contributed by atoms with E-state index < -0.39 is 17.7 Å². The van der Waals surface area contributed by atoms with Crippen molar-refractivity contribution >= 4 is 5.97 Å². The third-order valence-electron chi connectivity index (χ3n) is 4.62. The molecule has 0 aliphatic rings. The van der Waals surface area contributed by atoms with Crippen LogP contribution < -0.4 is 10.2 Å². The molecule has 156 valence electrons. The second-order valence-corrected chi connectivity index (χ2v) is 6.55. The average Bonchev–Trinajstić information content (AvgIpc) is 2.78. The number of rotatable bonds is 9. The number of carboxylic acid groups (broad SMARTS) is 1. The molecule has 0 fully saturated rings. The molecular weight excluding hydrogens is 386 g/mol. The molecule has 0 radical (unpaired) electrons. The Bertz CT molecular complexity index is 1040. The minimum atomic E-state index is -1.28. The first-order valence-electron chi connectivity index (χ1n) is 9.33. The number of hydrogen-bond donors (Lipinski definition) is 1. The minimum absolute atomic E-state index is 0.0621. The Morgan fingerprint density at radius 1 is 1.00 bits per heavy atom. The highest BCUT2D eigenvalue weighted by Crippen LogP contribution is 2.24. The number of pyridine rings is 1. The molecule has 0 bridgehead atoms. The van der Waals surface area contributed by atoms with Crippen LogP contribution in [-0.2, 0) is 22.6 Å². The first-order valence-corrected chi connectivity index (χ1v) is 9.33. The van der Waals surface area contributed by atoms with E-state index >= 15 is 0 Å². The first-order chi connectivity index (χ1) is 14.5. The highest BCUT2D eigenvalue weighted by Gasteiger charge is 2.25. The molecular formula is C23H23NO6. The van der Waals surface area contributed by atoms with Gasteiger partial charge in [-0.15, -0.1) is 0 Å². The highest BCUT2D eigenvalue weighted by atomic mass is 16.7. The summed E-state index contributed by atoms with van der Waals surface area (Å²) in [5.41, 5.74) is 1.06. The van der Waals surface area contributed by atoms with E-state index in [-0.39, 0.29) is 24.6 Å². The van der Waals surface area contributed by atoms with E-state index in [1.165, 1.54) is 25.0 Å². The van der Waals surface area contributed by atoms with Gasteiger partial charge in [-0.25, -0.2) is 4.79 Å². The van der Waals surface area contributed by atoms with Crippen LogP contribution in [0, 0.1) is 0 Å². The smallest absolute Gasteiger partial charge is 0.356 e. The summed E-state index contributed by atoms with van der Waals surface area (Å²) in [6.45, 7) is 0.128. The number of carbonyl (C=O) groups is 1. The van der Waals surface area contributed by atoms with E-state index in [1.807, 2.05) is 48.5 Å². The third-order valence-corrected chi connectivity index (χ3v) is 4.62. The van der Waals surface area contributed by atoms with Crippen LogP contribution in [0.3, 0.4) is 0 Å². The molecule has 0 atom stereocenters. The van der Waals surface area contributed by atoms with Crippen LogP contribution >= 0.6 is 0 Å². The molecule has 0 amide bonds. The fourth-order valence-corrected chi connectivity index (χ4v) is 3.10. The van der Waals surface area contributed by atoms with Crippen molar-refractivity contribution in [3.63, 3.8) is 0 Å². The lowest BCUT2D eigenvalue weighted by molar-refractivity contribution is -0.111. The van der Waals surface area contributed by atoms with Crippen molar-refractivity contribution in [3.8, 4) is 16.9 Å². The van der Waals surface area contributed by atoms with Crippen molar-refractivity contribution < 1.29 is 24.1 Å². The predicted molar refractivity (Wildman–Crippen MR) is 112 cm³/mol. The van der Waals surface area contributed by atoms with Gasteiger partial charge in [0.2, 0.25) is 5.43 Å². The van der Waals surface area contributed by atoms with Gasteiger partial charge in [0, 0.05) is 26.0 Å². The van der Waals surface area contributed by atoms with Gasteiger partial charge in [0.05, 0.1) is 6.54 Å². The van der Waals surface area contributed by atoms with Crippen LogP contribution in [0.4, 0.5) is 0 Å². The number of methoxy groups -OCH3 is 2. The summed E-state index contributed by atoms with van der Waals surface area (Å²) < 4.78 is 17.6. The second-order valence-electron chi connectivity index (χ2n) is 6.55. The maximum atomic E-state index is 13.2. The van der Waals surface area contributed by atoms with Gasteiger partial charge in [0.25, 0.3) is 0 Å². The summed E-state index contributed by atoms with van der Waals surface area (Å²) in [5, 5.41) is 9.87. The predicted octanol–water partition coefficient (Wildman–Crippen LogP) is 3.41. The topological polar surface area (TPSA) is 87.0 Å². The van der Waals surface area contributed by atoms with Gasteiger partial charge >= 0.3 is 5.97 Å². The number of nitrogens with zero attached hydrogens (tertiary/aromatic N) is 1. The number of carboxylic acids is 1. The number of benzene rings is 2. The van der Waals surface area contributed by atoms with Crippen LogP contribution in [0.1, 0.15) is 16.1 Å². The van der Waals surface area contributed by atoms with Gasteiger partial charge < -0.3 is 23.9 Å². The van der Waals surface area contributed by atoms with E-state index in [0.717, 1.165) is 5.56 Å². The maximum absolute atomic E-state index is 13.2. The minimum Gasteiger partial charge on any atom is -0.482 e. The van der Waals surface area contributed by atoms with Crippen molar-refractivity contribution in [2.45, 2.75) is 19.4 Å². The normalized spacial score (nSPS) is 10.9. The fourth-order valence-electron chi connectivity index (χ4n) is 3.10. The summed E-state index contributed by atoms with van der Waals surface area (Å²) >= 11 is 0. The number of hydrogen-bond acceptors (Lipinski definition) is 5. The fraction of sp³-hybridized carbons (Fsp3) is 0.217. The van der Waals surface area contributed by atoms with Crippen LogP contribution in [0.2, 0.25) is 0 Å². The van der Waals surface area contributed by atoms with Gasteiger partial charge in [0.15, 0.2) is 17.7 Å². The van der Waals surface area contributed by atoms with Crippen LogP contribution in [0.5, 0.6) is 5.75 Å². The Balaban J connectivity index is 2.15. The number of ether oxygens (including phenoxy) is 3. The molecule has 0 aliphatic carbocycles. The van der Waals surface area contributed by atoms with E-state index in [0.29, 0.717) is 11.1 Å². The number of aromatic carboxylic acids is 1. The van der Waals surface area contributed by atoms with Crippen molar-refractivity contribution in [2.75, 3.05) is 14.2 Å². The Morgan fingerprint density at radius 2 is 1.60 bits per heavy atom. The molecule has 0 aliphatic heterocycles. The third kappa shape index (κ3) is 4.76. The quantitative estimate of drug-likeness (QED) is 0.545. The molecule has 1 aromatic heterocycles. The molecule has 2 aromatic carbocycles. The molecule has 1 heterocycles. The summed E-state index contributed by atoms with van der Waals surface area (Å²) in [6.07, 6.45) is 0.804. The Morgan fingerprint density at radius 3 is 2.17 bits per heavy atom. The summed E-state index contributed by atoms with van der Waals surface area (Å²) in [7, 11) is 2.92. The summed E-state index contributed by atoms with van der Waals surface area (Å²) in [5.74, 6) is -1.50. The lowest BCUT2D eigenvalue weighted by Gasteiger charge is -2.21. The Hall–Kier alpha value is -3.42. The summed E-state index contributed by atoms with van der Waals surface area (Å²) in [4.78, 5) is 25.3. The van der Waals surface area contributed by atoms with Gasteiger partial charge in [0.1, 0.15) is 6.61 Å². The van der Waals surface area contributed by atoms with Crippen molar-refractivity contribution in [1.82, 2.24) is 4.57 Å². The van der Waals surface area contributed by atoms with Crippen molar-refractivity contribution in [1.29, 1.82) is 0 Å². The Kier molecular flexibility index (Phi) is 7.00. The molecule has 0 saturated heterocycles. The van der Waals surface area contributed by atoms with Crippen LogP contribution in [0.15, 0.2) is 71.7 Å². The monoisotopic (exact) mass is 409 g/mol. The van der Waals surface area contributed by atoms with Gasteiger partial charge in [-0.3, -0.25) is 4.79 Å². The van der Waals surface area contributed by atoms with Gasteiger partial charge in [-0.1, -0.05) is 60.7 Å². The number of aromatic nitrogens is 1. The zero-order valence-corrected chi connectivity index (χ0v) is 16.8. The first kappa shape index (κ1) is 21.3. The van der Waals surface area contributed by atoms with Gasteiger partial charge in [-0.05, 0) is 11.1 Å². The lowest BCUT2D eigenvalue weighted by Crippen LogP contribution is -2.28. The highest BCUT2D eigenvalue weighted by molar-refractivity contribution is 5.89. The molecule has 7 heteroatoms. The zero-order valence-electron chi connectivity index (χ0n) is 16.8. The average molecular weight is 409 g/mol. The molecule has 1 N–H and O–H groups in total. The SMILES string of the molecule is COC(Cn1cc(-c2ccccc2)c(=O)c(OCc2ccccc2)c1C(=O)O)OC. The molecule has 3 rings (SSSR count). The zero-order chi connectivity index (χ0) is 21.5. The van der Waals surface area contributed by atoms with Crippen LogP contribution in [0.25, 0.3) is 11.1 Å². The Labute approximate surface area is 174 Å². The van der Waals surface area contributed by atoms with Crippen molar-refractivity contribution in [3.05, 3.63) is 88.3 Å². The molecule has 0 saturated carbocycles. The van der Waals surface area contributed by atoms with E-state index in [2.05, 4.69) is 0 Å². The standard InChI is InChI=1S/C23H23NO6/c1-28-19(29-2)14-24-13-18(17-11-7-4-8-12-17)21(25)22(20(24)23(26)27)30-15-16-9-5-3-6-10-16/h3-13,19H,14-15H2,1-2H3,(H,26,27). The molecule has 7 nitrogen and oxygen atoms in total. The van der Waals surface area contributed by atoms with Gasteiger partial charge in [-0.2, -0.15) is 0 Å².